The SMILES string of the molecule is COc1ccc(S(=O)(=O)N2CCN(C(=O)CCc3ccsc3)CC2)cc1[N+](=O)[O-]. The van der Waals surface area contributed by atoms with E-state index in [9.17, 15) is 23.3 Å². The second kappa shape index (κ2) is 8.89. The number of thiophene rings is 1. The van der Waals surface area contributed by atoms with Crippen LogP contribution in [-0.2, 0) is 21.2 Å². The van der Waals surface area contributed by atoms with E-state index in [0.29, 0.717) is 25.9 Å². The molecule has 2 aromatic rings. The first kappa shape index (κ1) is 21.2. The highest BCUT2D eigenvalue weighted by molar-refractivity contribution is 7.89. The molecule has 1 aromatic heterocycles. The third-order valence-electron chi connectivity index (χ3n) is 4.78. The number of rotatable bonds is 7. The highest BCUT2D eigenvalue weighted by Crippen LogP contribution is 2.30. The lowest BCUT2D eigenvalue weighted by Gasteiger charge is -2.34. The molecule has 9 nitrogen and oxygen atoms in total. The van der Waals surface area contributed by atoms with Gasteiger partial charge in [-0.3, -0.25) is 14.9 Å². The molecule has 0 atom stereocenters. The molecule has 29 heavy (non-hydrogen) atoms. The Kier molecular flexibility index (Phi) is 6.50. The van der Waals surface area contributed by atoms with Crippen molar-refractivity contribution in [3.05, 3.63) is 50.7 Å². The van der Waals surface area contributed by atoms with Gasteiger partial charge in [-0.05, 0) is 40.9 Å². The fourth-order valence-corrected chi connectivity index (χ4v) is 5.29. The third kappa shape index (κ3) is 4.74. The molecule has 1 aromatic carbocycles. The molecule has 1 saturated heterocycles. The molecule has 1 amide bonds. The summed E-state index contributed by atoms with van der Waals surface area (Å²) < 4.78 is 31.9. The molecule has 2 heterocycles. The number of sulfonamides is 1. The van der Waals surface area contributed by atoms with Crippen LogP contribution in [0.15, 0.2) is 39.9 Å². The average Bonchev–Trinajstić information content (AvgIpc) is 3.25. The quantitative estimate of drug-likeness (QED) is 0.483. The van der Waals surface area contributed by atoms with Crippen LogP contribution in [0.25, 0.3) is 0 Å². The van der Waals surface area contributed by atoms with Crippen LogP contribution in [0.1, 0.15) is 12.0 Å². The van der Waals surface area contributed by atoms with Gasteiger partial charge in [0.05, 0.1) is 16.9 Å². The van der Waals surface area contributed by atoms with Crippen molar-refractivity contribution in [1.82, 2.24) is 9.21 Å². The van der Waals surface area contributed by atoms with E-state index in [0.717, 1.165) is 11.6 Å². The van der Waals surface area contributed by atoms with Gasteiger partial charge in [-0.15, -0.1) is 0 Å². The van der Waals surface area contributed by atoms with E-state index >= 15 is 0 Å². The Morgan fingerprint density at radius 2 is 1.97 bits per heavy atom. The molecule has 1 aliphatic heterocycles. The number of aryl methyl sites for hydroxylation is 1. The molecule has 1 aliphatic rings. The number of hydrogen-bond acceptors (Lipinski definition) is 7. The summed E-state index contributed by atoms with van der Waals surface area (Å²) in [6.45, 7) is 0.874. The van der Waals surface area contributed by atoms with Gasteiger partial charge in [0.15, 0.2) is 5.75 Å². The summed E-state index contributed by atoms with van der Waals surface area (Å²) in [6.07, 6.45) is 1.05. The van der Waals surface area contributed by atoms with Crippen molar-refractivity contribution in [2.75, 3.05) is 33.3 Å². The van der Waals surface area contributed by atoms with E-state index in [1.54, 1.807) is 16.2 Å². The number of amides is 1. The lowest BCUT2D eigenvalue weighted by Crippen LogP contribution is -2.50. The Labute approximate surface area is 172 Å². The summed E-state index contributed by atoms with van der Waals surface area (Å²) in [5, 5.41) is 15.1. The number of nitrogens with zero attached hydrogens (tertiary/aromatic N) is 3. The molecule has 11 heteroatoms. The van der Waals surface area contributed by atoms with Crippen LogP contribution >= 0.6 is 11.3 Å². The Bertz CT molecular complexity index is 983. The van der Waals surface area contributed by atoms with Gasteiger partial charge in [-0.2, -0.15) is 15.6 Å². The Balaban J connectivity index is 1.64. The molecule has 0 aliphatic carbocycles. The minimum atomic E-state index is -3.90. The van der Waals surface area contributed by atoms with Gasteiger partial charge in [-0.1, -0.05) is 0 Å². The van der Waals surface area contributed by atoms with Gasteiger partial charge in [0, 0.05) is 38.7 Å². The van der Waals surface area contributed by atoms with Gasteiger partial charge < -0.3 is 9.64 Å². The Morgan fingerprint density at radius 1 is 1.24 bits per heavy atom. The molecule has 0 radical (unpaired) electrons. The minimum absolute atomic E-state index is 0.00464. The molecule has 1 fully saturated rings. The lowest BCUT2D eigenvalue weighted by atomic mass is 10.1. The first-order valence-corrected chi connectivity index (χ1v) is 11.3. The number of carbonyl (C=O) groups excluding carboxylic acids is 1. The molecule has 0 saturated carbocycles. The molecular formula is C18H21N3O6S2. The van der Waals surface area contributed by atoms with Gasteiger partial charge >= 0.3 is 5.69 Å². The summed E-state index contributed by atoms with van der Waals surface area (Å²) in [7, 11) is -2.62. The highest BCUT2D eigenvalue weighted by Gasteiger charge is 2.31. The van der Waals surface area contributed by atoms with Crippen molar-refractivity contribution in [1.29, 1.82) is 0 Å². The van der Waals surface area contributed by atoms with Crippen molar-refractivity contribution >= 4 is 33.0 Å². The number of carbonyl (C=O) groups is 1. The number of nitro groups is 1. The third-order valence-corrected chi connectivity index (χ3v) is 7.41. The lowest BCUT2D eigenvalue weighted by molar-refractivity contribution is -0.386. The van der Waals surface area contributed by atoms with E-state index in [1.807, 2.05) is 16.8 Å². The largest absolute Gasteiger partial charge is 0.490 e. The van der Waals surface area contributed by atoms with Gasteiger partial charge in [0.25, 0.3) is 0 Å². The zero-order valence-corrected chi connectivity index (χ0v) is 17.4. The fraction of sp³-hybridized carbons (Fsp3) is 0.389. The predicted molar refractivity (Wildman–Crippen MR) is 108 cm³/mol. The van der Waals surface area contributed by atoms with Crippen molar-refractivity contribution in [3.63, 3.8) is 0 Å². The normalized spacial score (nSPS) is 15.3. The van der Waals surface area contributed by atoms with E-state index in [4.69, 9.17) is 4.74 Å². The zero-order chi connectivity index (χ0) is 21.0. The first-order chi connectivity index (χ1) is 13.8. The minimum Gasteiger partial charge on any atom is -0.490 e. The summed E-state index contributed by atoms with van der Waals surface area (Å²) >= 11 is 1.58. The second-order valence-electron chi connectivity index (χ2n) is 6.51. The Morgan fingerprint density at radius 3 is 2.55 bits per heavy atom. The summed E-state index contributed by atoms with van der Waals surface area (Å²) in [5.41, 5.74) is 0.710. The van der Waals surface area contributed by atoms with E-state index in [-0.39, 0.29) is 29.6 Å². The standard InChI is InChI=1S/C18H21N3O6S2/c1-27-17-4-3-15(12-16(17)21(23)24)29(25,26)20-9-7-19(8-10-20)18(22)5-2-14-6-11-28-13-14/h3-4,6,11-13H,2,5,7-10H2,1H3. The monoisotopic (exact) mass is 439 g/mol. The summed E-state index contributed by atoms with van der Waals surface area (Å²) in [5.74, 6) is -0.0108. The molecular weight excluding hydrogens is 418 g/mol. The molecule has 0 N–H and O–H groups in total. The van der Waals surface area contributed by atoms with E-state index in [1.165, 1.54) is 23.5 Å². The maximum absolute atomic E-state index is 12.9. The molecule has 0 bridgehead atoms. The zero-order valence-electron chi connectivity index (χ0n) is 15.8. The van der Waals surface area contributed by atoms with Crippen LogP contribution < -0.4 is 4.74 Å². The van der Waals surface area contributed by atoms with E-state index in [2.05, 4.69) is 0 Å². The Hall–Kier alpha value is -2.50. The van der Waals surface area contributed by atoms with Gasteiger partial charge in [0.2, 0.25) is 15.9 Å². The van der Waals surface area contributed by atoms with E-state index < -0.39 is 20.6 Å². The van der Waals surface area contributed by atoms with Crippen molar-refractivity contribution in [3.8, 4) is 5.75 Å². The van der Waals surface area contributed by atoms with Crippen molar-refractivity contribution < 1.29 is 22.9 Å². The number of methoxy groups -OCH3 is 1. The number of piperazine rings is 1. The van der Waals surface area contributed by atoms with Crippen LogP contribution in [0.2, 0.25) is 0 Å². The van der Waals surface area contributed by atoms with Crippen LogP contribution in [0.5, 0.6) is 5.75 Å². The summed E-state index contributed by atoms with van der Waals surface area (Å²) in [6, 6.07) is 5.55. The molecule has 0 spiro atoms. The molecule has 0 unspecified atom stereocenters. The number of benzene rings is 1. The molecule has 3 rings (SSSR count). The number of ether oxygens (including phenoxy) is 1. The number of nitro benzene ring substituents is 1. The predicted octanol–water partition coefficient (Wildman–Crippen LogP) is 2.13. The first-order valence-electron chi connectivity index (χ1n) is 8.94. The average molecular weight is 440 g/mol. The van der Waals surface area contributed by atoms with Crippen LogP contribution in [0.4, 0.5) is 5.69 Å². The maximum Gasteiger partial charge on any atom is 0.312 e. The van der Waals surface area contributed by atoms with Gasteiger partial charge in [0.1, 0.15) is 0 Å². The second-order valence-corrected chi connectivity index (χ2v) is 9.23. The van der Waals surface area contributed by atoms with Crippen LogP contribution in [-0.4, -0.2) is 61.7 Å². The summed E-state index contributed by atoms with van der Waals surface area (Å²) in [4.78, 5) is 24.4. The highest BCUT2D eigenvalue weighted by atomic mass is 32.2. The smallest absolute Gasteiger partial charge is 0.312 e. The fourth-order valence-electron chi connectivity index (χ4n) is 3.14. The molecule has 156 valence electrons. The topological polar surface area (TPSA) is 110 Å². The number of hydrogen-bond donors (Lipinski definition) is 0. The van der Waals surface area contributed by atoms with Crippen LogP contribution in [0.3, 0.4) is 0 Å². The van der Waals surface area contributed by atoms with Crippen LogP contribution in [0, 0.1) is 10.1 Å². The van der Waals surface area contributed by atoms with Crippen molar-refractivity contribution in [2.45, 2.75) is 17.7 Å². The van der Waals surface area contributed by atoms with Gasteiger partial charge in [-0.25, -0.2) is 8.42 Å². The maximum atomic E-state index is 12.9. The van der Waals surface area contributed by atoms with Crippen molar-refractivity contribution in [2.24, 2.45) is 0 Å².